The number of nitrogens with one attached hydrogen (secondary N) is 1. The first-order valence-corrected chi connectivity index (χ1v) is 6.52. The van der Waals surface area contributed by atoms with E-state index in [1.54, 1.807) is 42.5 Å². The molecule has 0 fully saturated rings. The minimum Gasteiger partial charge on any atom is -0.465 e. The zero-order valence-electron chi connectivity index (χ0n) is 11.9. The summed E-state index contributed by atoms with van der Waals surface area (Å²) < 4.78 is 17.4. The van der Waals surface area contributed by atoms with E-state index >= 15 is 0 Å². The average molecular weight is 299 g/mol. The molecule has 0 aromatic heterocycles. The molecule has 0 unspecified atom stereocenters. The monoisotopic (exact) mass is 299 g/mol. The summed E-state index contributed by atoms with van der Waals surface area (Å²) in [5.41, 5.74) is 1.33. The van der Waals surface area contributed by atoms with Crippen molar-refractivity contribution < 1.29 is 18.7 Å². The molecule has 5 heteroatoms. The fraction of sp³-hybridized carbons (Fsp3) is 0.0588. The van der Waals surface area contributed by atoms with Crippen LogP contribution in [0.25, 0.3) is 6.08 Å². The van der Waals surface area contributed by atoms with Crippen LogP contribution in [-0.2, 0) is 9.53 Å². The zero-order chi connectivity index (χ0) is 15.9. The third kappa shape index (κ3) is 4.02. The molecule has 1 amide bonds. The van der Waals surface area contributed by atoms with E-state index in [4.69, 9.17) is 0 Å². The number of ether oxygens (including phenoxy) is 1. The molecule has 0 aliphatic carbocycles. The number of carbonyl (C=O) groups excluding carboxylic acids is 2. The van der Waals surface area contributed by atoms with E-state index in [1.165, 1.54) is 25.3 Å². The molecule has 4 nitrogen and oxygen atoms in total. The third-order valence-electron chi connectivity index (χ3n) is 2.89. The predicted octanol–water partition coefficient (Wildman–Crippen LogP) is 3.26. The lowest BCUT2D eigenvalue weighted by molar-refractivity contribution is -0.111. The first-order valence-electron chi connectivity index (χ1n) is 6.52. The summed E-state index contributed by atoms with van der Waals surface area (Å²) >= 11 is 0. The van der Waals surface area contributed by atoms with Crippen LogP contribution in [0.2, 0.25) is 0 Å². The molecule has 0 spiro atoms. The van der Waals surface area contributed by atoms with Gasteiger partial charge in [-0.15, -0.1) is 0 Å². The summed E-state index contributed by atoms with van der Waals surface area (Å²) in [6, 6.07) is 12.3. The van der Waals surface area contributed by atoms with E-state index in [2.05, 4.69) is 10.1 Å². The van der Waals surface area contributed by atoms with Crippen molar-refractivity contribution in [3.63, 3.8) is 0 Å². The number of hydrogen-bond donors (Lipinski definition) is 1. The van der Waals surface area contributed by atoms with Crippen LogP contribution >= 0.6 is 0 Å². The molecule has 112 valence electrons. The van der Waals surface area contributed by atoms with Crippen LogP contribution in [0.1, 0.15) is 15.9 Å². The molecule has 2 aromatic carbocycles. The third-order valence-corrected chi connectivity index (χ3v) is 2.89. The molecule has 22 heavy (non-hydrogen) atoms. The lowest BCUT2D eigenvalue weighted by Crippen LogP contribution is -2.12. The number of carbonyl (C=O) groups is 2. The molecule has 0 saturated carbocycles. The highest BCUT2D eigenvalue weighted by molar-refractivity contribution is 6.06. The Morgan fingerprint density at radius 3 is 2.45 bits per heavy atom. The normalized spacial score (nSPS) is 10.5. The predicted molar refractivity (Wildman–Crippen MR) is 81.8 cm³/mol. The van der Waals surface area contributed by atoms with Crippen LogP contribution in [0, 0.1) is 5.82 Å². The van der Waals surface area contributed by atoms with Crippen LogP contribution in [-0.4, -0.2) is 19.0 Å². The van der Waals surface area contributed by atoms with Gasteiger partial charge >= 0.3 is 5.97 Å². The second-order valence-corrected chi connectivity index (χ2v) is 4.41. The molecule has 0 radical (unpaired) electrons. The van der Waals surface area contributed by atoms with Gasteiger partial charge in [-0.3, -0.25) is 4.79 Å². The van der Waals surface area contributed by atoms with Gasteiger partial charge in [-0.25, -0.2) is 9.18 Å². The molecule has 2 aromatic rings. The number of rotatable bonds is 4. The van der Waals surface area contributed by atoms with Crippen LogP contribution in [0.3, 0.4) is 0 Å². The van der Waals surface area contributed by atoms with Crippen LogP contribution in [0.15, 0.2) is 54.6 Å². The lowest BCUT2D eigenvalue weighted by atomic mass is 10.1. The summed E-state index contributed by atoms with van der Waals surface area (Å²) in [6.45, 7) is 0. The van der Waals surface area contributed by atoms with Crippen molar-refractivity contribution in [1.29, 1.82) is 0 Å². The lowest BCUT2D eigenvalue weighted by Gasteiger charge is -2.07. The van der Waals surface area contributed by atoms with E-state index in [9.17, 15) is 14.0 Å². The minimum atomic E-state index is -0.529. The number of para-hydroxylation sites is 1. The van der Waals surface area contributed by atoms with Crippen molar-refractivity contribution in [3.8, 4) is 0 Å². The zero-order valence-corrected chi connectivity index (χ0v) is 11.9. The SMILES string of the molecule is COC(=O)c1ccccc1NC(=O)/C=C/c1ccc(F)cc1. The van der Waals surface area contributed by atoms with Gasteiger partial charge in [-0.2, -0.15) is 0 Å². The average Bonchev–Trinajstić information content (AvgIpc) is 2.54. The van der Waals surface area contributed by atoms with Gasteiger partial charge in [0.1, 0.15) is 5.82 Å². The molecular weight excluding hydrogens is 285 g/mol. The van der Waals surface area contributed by atoms with E-state index in [0.717, 1.165) is 0 Å². The number of methoxy groups -OCH3 is 1. The summed E-state index contributed by atoms with van der Waals surface area (Å²) in [6.07, 6.45) is 2.86. The Balaban J connectivity index is 2.09. The van der Waals surface area contributed by atoms with Gasteiger partial charge in [0, 0.05) is 6.08 Å². The van der Waals surface area contributed by atoms with Gasteiger partial charge in [0.2, 0.25) is 5.91 Å². The molecule has 0 aliphatic rings. The van der Waals surface area contributed by atoms with Gasteiger partial charge in [-0.05, 0) is 35.9 Å². The van der Waals surface area contributed by atoms with Gasteiger partial charge in [0.15, 0.2) is 0 Å². The Morgan fingerprint density at radius 1 is 1.09 bits per heavy atom. The van der Waals surface area contributed by atoms with Crippen molar-refractivity contribution in [2.45, 2.75) is 0 Å². The second kappa shape index (κ2) is 7.17. The number of anilines is 1. The summed E-state index contributed by atoms with van der Waals surface area (Å²) in [7, 11) is 1.27. The molecule has 0 heterocycles. The van der Waals surface area contributed by atoms with Gasteiger partial charge in [0.05, 0.1) is 18.4 Å². The highest BCUT2D eigenvalue weighted by atomic mass is 19.1. The van der Waals surface area contributed by atoms with Crippen molar-refractivity contribution in [2.75, 3.05) is 12.4 Å². The summed E-state index contributed by atoms with van der Waals surface area (Å²) in [5.74, 6) is -1.27. The minimum absolute atomic E-state index is 0.272. The molecule has 0 saturated heterocycles. The van der Waals surface area contributed by atoms with Crippen LogP contribution < -0.4 is 5.32 Å². The Kier molecular flexibility index (Phi) is 5.03. The van der Waals surface area contributed by atoms with E-state index in [1.807, 2.05) is 0 Å². The van der Waals surface area contributed by atoms with Crippen LogP contribution in [0.4, 0.5) is 10.1 Å². The largest absolute Gasteiger partial charge is 0.465 e. The molecule has 0 aliphatic heterocycles. The number of amides is 1. The van der Waals surface area contributed by atoms with Crippen molar-refractivity contribution >= 4 is 23.6 Å². The van der Waals surface area contributed by atoms with Gasteiger partial charge in [-0.1, -0.05) is 24.3 Å². The fourth-order valence-electron chi connectivity index (χ4n) is 1.80. The van der Waals surface area contributed by atoms with Crippen LogP contribution in [0.5, 0.6) is 0 Å². The number of halogens is 1. The molecular formula is C17H14FNO3. The maximum Gasteiger partial charge on any atom is 0.339 e. The first kappa shape index (κ1) is 15.4. The number of esters is 1. The van der Waals surface area contributed by atoms with Gasteiger partial charge < -0.3 is 10.1 Å². The van der Waals surface area contributed by atoms with Crippen molar-refractivity contribution in [3.05, 3.63) is 71.6 Å². The summed E-state index contributed by atoms with van der Waals surface area (Å²) in [5, 5.41) is 2.61. The Bertz CT molecular complexity index is 708. The Hall–Kier alpha value is -2.95. The smallest absolute Gasteiger partial charge is 0.339 e. The standard InChI is InChI=1S/C17H14FNO3/c1-22-17(21)14-4-2-3-5-15(14)19-16(20)11-8-12-6-9-13(18)10-7-12/h2-11H,1H3,(H,19,20)/b11-8+. The molecule has 1 N–H and O–H groups in total. The van der Waals surface area contributed by atoms with E-state index in [-0.39, 0.29) is 11.4 Å². The highest BCUT2D eigenvalue weighted by Crippen LogP contribution is 2.16. The Morgan fingerprint density at radius 2 is 1.77 bits per heavy atom. The maximum absolute atomic E-state index is 12.8. The summed E-state index contributed by atoms with van der Waals surface area (Å²) in [4.78, 5) is 23.5. The first-order chi connectivity index (χ1) is 10.6. The highest BCUT2D eigenvalue weighted by Gasteiger charge is 2.11. The van der Waals surface area contributed by atoms with E-state index in [0.29, 0.717) is 11.3 Å². The number of benzene rings is 2. The van der Waals surface area contributed by atoms with Crippen molar-refractivity contribution in [2.24, 2.45) is 0 Å². The fourth-order valence-corrected chi connectivity index (χ4v) is 1.80. The molecule has 0 atom stereocenters. The quantitative estimate of drug-likeness (QED) is 0.696. The molecule has 0 bridgehead atoms. The van der Waals surface area contributed by atoms with Gasteiger partial charge in [0.25, 0.3) is 0 Å². The Labute approximate surface area is 127 Å². The van der Waals surface area contributed by atoms with Crippen molar-refractivity contribution in [1.82, 2.24) is 0 Å². The second-order valence-electron chi connectivity index (χ2n) is 4.41. The topological polar surface area (TPSA) is 55.4 Å². The molecule has 2 rings (SSSR count). The maximum atomic E-state index is 12.8. The van der Waals surface area contributed by atoms with E-state index < -0.39 is 11.9 Å². The number of hydrogen-bond acceptors (Lipinski definition) is 3.